The van der Waals surface area contributed by atoms with Crippen molar-refractivity contribution in [1.82, 2.24) is 0 Å². The number of nitrogens with one attached hydrogen (secondary N) is 1. The molecule has 0 radical (unpaired) electrons. The second-order valence-electron chi connectivity index (χ2n) is 6.02. The van der Waals surface area contributed by atoms with E-state index in [0.717, 1.165) is 0 Å². The van der Waals surface area contributed by atoms with Crippen molar-refractivity contribution in [2.75, 3.05) is 11.9 Å². The topological polar surface area (TPSA) is 75.6 Å². The van der Waals surface area contributed by atoms with Crippen LogP contribution in [0, 0.1) is 12.8 Å². The van der Waals surface area contributed by atoms with Crippen molar-refractivity contribution in [3.63, 3.8) is 0 Å². The highest BCUT2D eigenvalue weighted by molar-refractivity contribution is 6.05. The Balaban J connectivity index is 2.12. The third-order valence-corrected chi connectivity index (χ3v) is 3.40. The number of carbonyl (C=O) groups is 2. The Hall–Kier alpha value is -2.82. The van der Waals surface area contributed by atoms with Crippen LogP contribution in [0.25, 0.3) is 0 Å². The average molecular weight is 327 g/mol. The van der Waals surface area contributed by atoms with E-state index >= 15 is 0 Å². The number of aryl methyl sites for hydroxylation is 1. The molecule has 1 amide bonds. The Labute approximate surface area is 141 Å². The molecule has 2 N–H and O–H groups in total. The zero-order valence-electron chi connectivity index (χ0n) is 14.0. The van der Waals surface area contributed by atoms with Gasteiger partial charge in [-0.1, -0.05) is 19.9 Å². The summed E-state index contributed by atoms with van der Waals surface area (Å²) in [5, 5.41) is 11.8. The third kappa shape index (κ3) is 4.59. The number of anilines is 1. The minimum Gasteiger partial charge on any atom is -0.493 e. The van der Waals surface area contributed by atoms with Gasteiger partial charge >= 0.3 is 5.97 Å². The van der Waals surface area contributed by atoms with Crippen molar-refractivity contribution < 1.29 is 19.4 Å². The number of ether oxygens (including phenoxy) is 1. The molecule has 126 valence electrons. The normalized spacial score (nSPS) is 10.5. The first-order valence-corrected chi connectivity index (χ1v) is 7.75. The van der Waals surface area contributed by atoms with Crippen LogP contribution in [-0.2, 0) is 0 Å². The molecule has 24 heavy (non-hydrogen) atoms. The first kappa shape index (κ1) is 17.5. The highest BCUT2D eigenvalue weighted by atomic mass is 16.5. The lowest BCUT2D eigenvalue weighted by atomic mass is 10.1. The highest BCUT2D eigenvalue weighted by Gasteiger charge is 2.11. The lowest BCUT2D eigenvalue weighted by Crippen LogP contribution is -2.13. The maximum Gasteiger partial charge on any atom is 0.335 e. The Bertz CT molecular complexity index is 753. The Morgan fingerprint density at radius 1 is 1.12 bits per heavy atom. The van der Waals surface area contributed by atoms with Crippen molar-refractivity contribution in [1.29, 1.82) is 0 Å². The van der Waals surface area contributed by atoms with Crippen LogP contribution in [0.2, 0.25) is 0 Å². The van der Waals surface area contributed by atoms with Gasteiger partial charge in [-0.2, -0.15) is 0 Å². The number of hydrogen-bond acceptors (Lipinski definition) is 3. The van der Waals surface area contributed by atoms with Crippen LogP contribution >= 0.6 is 0 Å². The van der Waals surface area contributed by atoms with Gasteiger partial charge in [0.1, 0.15) is 5.75 Å². The summed E-state index contributed by atoms with van der Waals surface area (Å²) in [6, 6.07) is 11.6. The van der Waals surface area contributed by atoms with Crippen molar-refractivity contribution >= 4 is 17.6 Å². The quantitative estimate of drug-likeness (QED) is 0.841. The van der Waals surface area contributed by atoms with Crippen LogP contribution in [-0.4, -0.2) is 23.6 Å². The summed E-state index contributed by atoms with van der Waals surface area (Å²) >= 11 is 0. The van der Waals surface area contributed by atoms with E-state index in [0.29, 0.717) is 35.1 Å². The van der Waals surface area contributed by atoms with E-state index in [9.17, 15) is 9.59 Å². The van der Waals surface area contributed by atoms with E-state index in [4.69, 9.17) is 9.84 Å². The number of aromatic carboxylic acids is 1. The summed E-state index contributed by atoms with van der Waals surface area (Å²) in [4.78, 5) is 23.3. The number of carboxylic acids is 1. The first-order valence-electron chi connectivity index (χ1n) is 7.75. The number of carbonyl (C=O) groups excluding carboxylic acids is 1. The summed E-state index contributed by atoms with van der Waals surface area (Å²) < 4.78 is 5.63. The molecular formula is C19H21NO4. The van der Waals surface area contributed by atoms with Crippen LogP contribution in [0.5, 0.6) is 5.75 Å². The van der Waals surface area contributed by atoms with Crippen LogP contribution in [0.15, 0.2) is 42.5 Å². The molecule has 0 aliphatic carbocycles. The van der Waals surface area contributed by atoms with Crippen LogP contribution in [0.1, 0.15) is 40.1 Å². The molecule has 0 bridgehead atoms. The first-order chi connectivity index (χ1) is 11.4. The smallest absolute Gasteiger partial charge is 0.335 e. The molecule has 5 nitrogen and oxygen atoms in total. The Morgan fingerprint density at radius 2 is 1.88 bits per heavy atom. The monoisotopic (exact) mass is 327 g/mol. The van der Waals surface area contributed by atoms with Gasteiger partial charge in [0.15, 0.2) is 0 Å². The van der Waals surface area contributed by atoms with Crippen molar-refractivity contribution in [2.24, 2.45) is 5.92 Å². The molecule has 2 aromatic rings. The van der Waals surface area contributed by atoms with Gasteiger partial charge in [-0.15, -0.1) is 0 Å². The van der Waals surface area contributed by atoms with Gasteiger partial charge < -0.3 is 15.2 Å². The number of benzene rings is 2. The van der Waals surface area contributed by atoms with Crippen LogP contribution in [0.4, 0.5) is 5.69 Å². The molecule has 2 rings (SSSR count). The molecule has 2 aromatic carbocycles. The molecule has 0 aromatic heterocycles. The minimum absolute atomic E-state index is 0.189. The number of rotatable bonds is 6. The predicted octanol–water partition coefficient (Wildman–Crippen LogP) is 3.98. The lowest BCUT2D eigenvalue weighted by Gasteiger charge is -2.11. The largest absolute Gasteiger partial charge is 0.493 e. The molecule has 0 aliphatic heterocycles. The molecule has 0 atom stereocenters. The van der Waals surface area contributed by atoms with Crippen molar-refractivity contribution in [3.8, 4) is 5.75 Å². The van der Waals surface area contributed by atoms with Gasteiger partial charge in [0.05, 0.1) is 12.2 Å². The molecule has 0 saturated heterocycles. The maximum absolute atomic E-state index is 12.4. The molecule has 0 spiro atoms. The summed E-state index contributed by atoms with van der Waals surface area (Å²) in [6.45, 7) is 6.45. The molecule has 0 saturated carbocycles. The fraction of sp³-hybridized carbons (Fsp3) is 0.263. The van der Waals surface area contributed by atoms with Gasteiger partial charge in [0.2, 0.25) is 0 Å². The molecule has 5 heteroatoms. The SMILES string of the molecule is Cc1cc(C(=O)O)ccc1NC(=O)c1cccc(OCC(C)C)c1. The molecule has 0 unspecified atom stereocenters. The van der Waals surface area contributed by atoms with E-state index < -0.39 is 5.97 Å². The van der Waals surface area contributed by atoms with Gasteiger partial charge in [0, 0.05) is 11.3 Å². The van der Waals surface area contributed by atoms with E-state index in [1.165, 1.54) is 12.1 Å². The molecule has 0 heterocycles. The fourth-order valence-electron chi connectivity index (χ4n) is 2.12. The maximum atomic E-state index is 12.4. The van der Waals surface area contributed by atoms with Crippen molar-refractivity contribution in [2.45, 2.75) is 20.8 Å². The zero-order chi connectivity index (χ0) is 17.7. The van der Waals surface area contributed by atoms with E-state index in [2.05, 4.69) is 19.2 Å². The lowest BCUT2D eigenvalue weighted by molar-refractivity contribution is 0.0696. The molecule has 0 aliphatic rings. The third-order valence-electron chi connectivity index (χ3n) is 3.40. The van der Waals surface area contributed by atoms with Gasteiger partial charge in [-0.05, 0) is 54.8 Å². The number of carboxylic acid groups (broad SMARTS) is 1. The Kier molecular flexibility index (Phi) is 5.58. The van der Waals surface area contributed by atoms with E-state index in [-0.39, 0.29) is 11.5 Å². The molecular weight excluding hydrogens is 306 g/mol. The second-order valence-corrected chi connectivity index (χ2v) is 6.02. The van der Waals surface area contributed by atoms with Crippen LogP contribution in [0.3, 0.4) is 0 Å². The Morgan fingerprint density at radius 3 is 2.50 bits per heavy atom. The number of hydrogen-bond donors (Lipinski definition) is 2. The van der Waals surface area contributed by atoms with Gasteiger partial charge in [-0.3, -0.25) is 4.79 Å². The summed E-state index contributed by atoms with van der Waals surface area (Å²) in [7, 11) is 0. The molecule has 0 fully saturated rings. The van der Waals surface area contributed by atoms with Crippen LogP contribution < -0.4 is 10.1 Å². The highest BCUT2D eigenvalue weighted by Crippen LogP contribution is 2.19. The average Bonchev–Trinajstić information content (AvgIpc) is 2.54. The second kappa shape index (κ2) is 7.64. The van der Waals surface area contributed by atoms with E-state index in [1.807, 2.05) is 6.07 Å². The zero-order valence-corrected chi connectivity index (χ0v) is 14.0. The van der Waals surface area contributed by atoms with Gasteiger partial charge in [0.25, 0.3) is 5.91 Å². The predicted molar refractivity (Wildman–Crippen MR) is 92.9 cm³/mol. The summed E-state index contributed by atoms with van der Waals surface area (Å²) in [5.74, 6) is -0.214. The summed E-state index contributed by atoms with van der Waals surface area (Å²) in [6.07, 6.45) is 0. The van der Waals surface area contributed by atoms with E-state index in [1.54, 1.807) is 31.2 Å². The fourth-order valence-corrected chi connectivity index (χ4v) is 2.12. The standard InChI is InChI=1S/C19H21NO4/c1-12(2)11-24-16-6-4-5-14(10-16)18(21)20-17-8-7-15(19(22)23)9-13(17)3/h4-10,12H,11H2,1-3H3,(H,20,21)(H,22,23). The number of amides is 1. The summed E-state index contributed by atoms with van der Waals surface area (Å²) in [5.41, 5.74) is 1.95. The minimum atomic E-state index is -0.994. The van der Waals surface area contributed by atoms with Gasteiger partial charge in [-0.25, -0.2) is 4.79 Å². The van der Waals surface area contributed by atoms with Crippen molar-refractivity contribution in [3.05, 3.63) is 59.2 Å².